The number of hydrogen-bond donors (Lipinski definition) is 2. The zero-order valence-corrected chi connectivity index (χ0v) is 12.9. The molecule has 3 atom stereocenters. The van der Waals surface area contributed by atoms with E-state index < -0.39 is 0 Å². The predicted molar refractivity (Wildman–Crippen MR) is 83.7 cm³/mol. The van der Waals surface area contributed by atoms with Crippen LogP contribution in [0.1, 0.15) is 25.8 Å². The van der Waals surface area contributed by atoms with Crippen molar-refractivity contribution < 1.29 is 4.79 Å². The van der Waals surface area contributed by atoms with E-state index in [-0.39, 0.29) is 23.9 Å². The van der Waals surface area contributed by atoms with Gasteiger partial charge < -0.3 is 11.1 Å². The molecule has 108 valence electrons. The fourth-order valence-corrected chi connectivity index (χ4v) is 3.03. The quantitative estimate of drug-likeness (QED) is 0.888. The van der Waals surface area contributed by atoms with Crippen molar-refractivity contribution >= 4 is 27.5 Å². The first-order valence-corrected chi connectivity index (χ1v) is 7.69. The van der Waals surface area contributed by atoms with E-state index in [2.05, 4.69) is 16.4 Å². The van der Waals surface area contributed by atoms with Gasteiger partial charge in [0.2, 0.25) is 5.91 Å². The van der Waals surface area contributed by atoms with Crippen LogP contribution in [0.15, 0.2) is 24.3 Å². The van der Waals surface area contributed by atoms with Crippen LogP contribution in [0.3, 0.4) is 0 Å². The number of thiazole rings is 1. The summed E-state index contributed by atoms with van der Waals surface area (Å²) in [7, 11) is 0. The number of amides is 1. The molecule has 0 radical (unpaired) electrons. The van der Waals surface area contributed by atoms with Gasteiger partial charge in [-0.25, -0.2) is 4.98 Å². The number of fused-ring (bicyclic) bond motifs is 1. The van der Waals surface area contributed by atoms with Gasteiger partial charge in [0.25, 0.3) is 0 Å². The monoisotopic (exact) mass is 291 g/mol. The van der Waals surface area contributed by atoms with Crippen molar-refractivity contribution in [2.24, 2.45) is 11.7 Å². The summed E-state index contributed by atoms with van der Waals surface area (Å²) in [5.74, 6) is -0.165. The normalized spacial score (nSPS) is 15.8. The van der Waals surface area contributed by atoms with Gasteiger partial charge in [0.1, 0.15) is 0 Å². The number of nitrogens with zero attached hydrogens (tertiary/aromatic N) is 1. The number of nitrogens with two attached hydrogens (primary N) is 1. The molecular weight excluding hydrogens is 270 g/mol. The van der Waals surface area contributed by atoms with Gasteiger partial charge in [-0.3, -0.25) is 4.79 Å². The van der Waals surface area contributed by atoms with Crippen molar-refractivity contribution in [3.05, 3.63) is 29.3 Å². The van der Waals surface area contributed by atoms with E-state index in [0.717, 1.165) is 16.9 Å². The Hall–Kier alpha value is -1.46. The van der Waals surface area contributed by atoms with Gasteiger partial charge >= 0.3 is 0 Å². The van der Waals surface area contributed by atoms with Gasteiger partial charge in [-0.15, -0.1) is 11.3 Å². The summed E-state index contributed by atoms with van der Waals surface area (Å²) in [4.78, 5) is 16.5. The lowest BCUT2D eigenvalue weighted by Crippen LogP contribution is -2.43. The van der Waals surface area contributed by atoms with Crippen LogP contribution in [0.2, 0.25) is 0 Å². The Morgan fingerprint density at radius 2 is 2.05 bits per heavy atom. The summed E-state index contributed by atoms with van der Waals surface area (Å²) in [6.45, 7) is 5.70. The molecule has 0 spiro atoms. The minimum absolute atomic E-state index is 0.00797. The average Bonchev–Trinajstić information content (AvgIpc) is 2.79. The van der Waals surface area contributed by atoms with Crippen LogP contribution >= 0.6 is 11.3 Å². The highest BCUT2D eigenvalue weighted by molar-refractivity contribution is 7.18. The maximum absolute atomic E-state index is 11.9. The molecule has 0 aliphatic carbocycles. The van der Waals surface area contributed by atoms with Crippen LogP contribution in [-0.4, -0.2) is 23.0 Å². The molecule has 1 aromatic heterocycles. The highest BCUT2D eigenvalue weighted by Crippen LogP contribution is 2.22. The molecule has 0 aliphatic heterocycles. The van der Waals surface area contributed by atoms with E-state index in [4.69, 9.17) is 5.73 Å². The number of aromatic nitrogens is 1. The second-order valence-electron chi connectivity index (χ2n) is 5.34. The molecule has 20 heavy (non-hydrogen) atoms. The number of carbonyl (C=O) groups is 1. The zero-order chi connectivity index (χ0) is 14.7. The standard InChI is InChI=1S/C15H21N3OS/c1-9(17-15(19)10(2)11(3)16)8-14-18-12-6-4-5-7-13(12)20-14/h4-7,9-11H,8,16H2,1-3H3,(H,17,19). The smallest absolute Gasteiger partial charge is 0.224 e. The molecule has 0 saturated carbocycles. The molecule has 1 aromatic carbocycles. The fraction of sp³-hybridized carbons (Fsp3) is 0.467. The van der Waals surface area contributed by atoms with Gasteiger partial charge in [-0.2, -0.15) is 0 Å². The molecule has 3 N–H and O–H groups in total. The SMILES string of the molecule is CC(Cc1nc2ccccc2s1)NC(=O)C(C)C(C)N. The second-order valence-corrected chi connectivity index (χ2v) is 6.45. The van der Waals surface area contributed by atoms with Crippen molar-refractivity contribution in [1.82, 2.24) is 10.3 Å². The first kappa shape index (κ1) is 14.9. The summed E-state index contributed by atoms with van der Waals surface area (Å²) < 4.78 is 1.19. The summed E-state index contributed by atoms with van der Waals surface area (Å²) in [5, 5.41) is 4.05. The largest absolute Gasteiger partial charge is 0.353 e. The van der Waals surface area contributed by atoms with E-state index >= 15 is 0 Å². The van der Waals surface area contributed by atoms with Crippen LogP contribution < -0.4 is 11.1 Å². The molecule has 1 heterocycles. The summed E-state index contributed by atoms with van der Waals surface area (Å²) >= 11 is 1.68. The average molecular weight is 291 g/mol. The minimum atomic E-state index is -0.173. The Bertz CT molecular complexity index is 561. The van der Waals surface area contributed by atoms with E-state index in [9.17, 15) is 4.79 Å². The number of para-hydroxylation sites is 1. The Kier molecular flexibility index (Phi) is 4.73. The maximum Gasteiger partial charge on any atom is 0.224 e. The molecule has 0 saturated heterocycles. The second kappa shape index (κ2) is 6.33. The van der Waals surface area contributed by atoms with Crippen LogP contribution in [-0.2, 0) is 11.2 Å². The Morgan fingerprint density at radius 3 is 2.70 bits per heavy atom. The number of benzene rings is 1. The molecular formula is C15H21N3OS. The third-order valence-corrected chi connectivity index (χ3v) is 4.47. The molecule has 0 bridgehead atoms. The van der Waals surface area contributed by atoms with Crippen LogP contribution in [0, 0.1) is 5.92 Å². The van der Waals surface area contributed by atoms with E-state index in [1.807, 2.05) is 39.0 Å². The molecule has 2 aromatic rings. The topological polar surface area (TPSA) is 68.0 Å². The molecule has 0 fully saturated rings. The summed E-state index contributed by atoms with van der Waals surface area (Å²) in [6, 6.07) is 8.00. The van der Waals surface area contributed by atoms with E-state index in [1.54, 1.807) is 11.3 Å². The van der Waals surface area contributed by atoms with Crippen LogP contribution in [0.25, 0.3) is 10.2 Å². The Labute approximate surface area is 123 Å². The lowest BCUT2D eigenvalue weighted by atomic mass is 10.0. The zero-order valence-electron chi connectivity index (χ0n) is 12.1. The lowest BCUT2D eigenvalue weighted by molar-refractivity contribution is -0.125. The number of hydrogen-bond acceptors (Lipinski definition) is 4. The molecule has 3 unspecified atom stereocenters. The first-order valence-electron chi connectivity index (χ1n) is 6.87. The first-order chi connectivity index (χ1) is 9.47. The van der Waals surface area contributed by atoms with Gasteiger partial charge in [0, 0.05) is 24.4 Å². The van der Waals surface area contributed by atoms with Crippen molar-refractivity contribution in [2.75, 3.05) is 0 Å². The number of carbonyl (C=O) groups excluding carboxylic acids is 1. The van der Waals surface area contributed by atoms with Crippen molar-refractivity contribution in [2.45, 2.75) is 39.3 Å². The highest BCUT2D eigenvalue weighted by atomic mass is 32.1. The van der Waals surface area contributed by atoms with Crippen molar-refractivity contribution in [3.8, 4) is 0 Å². The molecule has 5 heteroatoms. The summed E-state index contributed by atoms with van der Waals surface area (Å²) in [5.41, 5.74) is 6.77. The van der Waals surface area contributed by atoms with Crippen molar-refractivity contribution in [1.29, 1.82) is 0 Å². The predicted octanol–water partition coefficient (Wildman–Crippen LogP) is 2.33. The third-order valence-electron chi connectivity index (χ3n) is 3.41. The lowest BCUT2D eigenvalue weighted by Gasteiger charge is -2.19. The minimum Gasteiger partial charge on any atom is -0.353 e. The molecule has 0 aliphatic rings. The molecule has 1 amide bonds. The van der Waals surface area contributed by atoms with Gasteiger partial charge in [-0.1, -0.05) is 19.1 Å². The molecule has 4 nitrogen and oxygen atoms in total. The fourth-order valence-electron chi connectivity index (χ4n) is 1.93. The number of nitrogens with one attached hydrogen (secondary N) is 1. The van der Waals surface area contributed by atoms with E-state index in [1.165, 1.54) is 4.70 Å². The Morgan fingerprint density at radius 1 is 1.35 bits per heavy atom. The van der Waals surface area contributed by atoms with Gasteiger partial charge in [-0.05, 0) is 26.0 Å². The van der Waals surface area contributed by atoms with Gasteiger partial charge in [0.05, 0.1) is 15.2 Å². The third kappa shape index (κ3) is 3.55. The van der Waals surface area contributed by atoms with Crippen molar-refractivity contribution in [3.63, 3.8) is 0 Å². The molecule has 2 rings (SSSR count). The van der Waals surface area contributed by atoms with E-state index in [0.29, 0.717) is 0 Å². The van der Waals surface area contributed by atoms with Crippen LogP contribution in [0.5, 0.6) is 0 Å². The number of rotatable bonds is 5. The highest BCUT2D eigenvalue weighted by Gasteiger charge is 2.19. The van der Waals surface area contributed by atoms with Crippen LogP contribution in [0.4, 0.5) is 0 Å². The maximum atomic E-state index is 11.9. The summed E-state index contributed by atoms with van der Waals surface area (Å²) in [6.07, 6.45) is 0.747. The van der Waals surface area contributed by atoms with Gasteiger partial charge in [0.15, 0.2) is 0 Å². The Balaban J connectivity index is 1.97.